The van der Waals surface area contributed by atoms with Crippen LogP contribution in [0.1, 0.15) is 19.3 Å². The molecule has 3 rings (SSSR count). The van der Waals surface area contributed by atoms with Crippen LogP contribution in [0.2, 0.25) is 12.1 Å². The van der Waals surface area contributed by atoms with Crippen LogP contribution in [0.25, 0.3) is 0 Å². The molecule has 2 aromatic carbocycles. The fraction of sp³-hybridized carbons (Fsp3) is 0.294. The van der Waals surface area contributed by atoms with E-state index >= 15 is 0 Å². The molecular weight excluding hydrogens is 260 g/mol. The first-order chi connectivity index (χ1) is 9.95. The summed E-state index contributed by atoms with van der Waals surface area (Å²) in [4.78, 5) is 0. The van der Waals surface area contributed by atoms with Gasteiger partial charge in [-0.05, 0) is 24.3 Å². The van der Waals surface area contributed by atoms with Crippen LogP contribution in [0.15, 0.2) is 70.9 Å². The zero-order valence-corrected chi connectivity index (χ0v) is 13.3. The molecule has 20 heavy (non-hydrogen) atoms. The Balaban J connectivity index is 0.000000205. The van der Waals surface area contributed by atoms with Crippen LogP contribution >= 0.6 is 0 Å². The fourth-order valence-corrected chi connectivity index (χ4v) is 3.93. The highest BCUT2D eigenvalue weighted by Gasteiger charge is 1.96. The predicted octanol–water partition coefficient (Wildman–Crippen LogP) is 5.28. The summed E-state index contributed by atoms with van der Waals surface area (Å²) in [7, 11) is 0.508. The molecule has 1 aliphatic rings. The van der Waals surface area contributed by atoms with Crippen LogP contribution < -0.4 is 0 Å². The van der Waals surface area contributed by atoms with Crippen LogP contribution in [-0.4, -0.2) is 9.52 Å². The summed E-state index contributed by atoms with van der Waals surface area (Å²) in [5.41, 5.74) is 1.74. The molecule has 0 atom stereocenters. The molecule has 0 radical (unpaired) electrons. The molecule has 0 bridgehead atoms. The molecule has 1 saturated heterocycles. The molecule has 1 aliphatic heterocycles. The number of rotatable bonds is 2. The summed E-state index contributed by atoms with van der Waals surface area (Å²) in [5, 5.41) is 8.20. The molecule has 2 aromatic rings. The minimum absolute atomic E-state index is 0.508. The van der Waals surface area contributed by atoms with E-state index in [0.717, 1.165) is 11.4 Å². The first-order valence-corrected chi connectivity index (χ1v) is 9.47. The summed E-state index contributed by atoms with van der Waals surface area (Å²) in [5.74, 6) is 0. The van der Waals surface area contributed by atoms with Crippen molar-refractivity contribution in [1.29, 1.82) is 0 Å². The maximum Gasteiger partial charge on any atom is 0.0857 e. The second kappa shape index (κ2) is 9.21. The van der Waals surface area contributed by atoms with Gasteiger partial charge in [0, 0.05) is 9.52 Å². The third kappa shape index (κ3) is 5.93. The van der Waals surface area contributed by atoms with E-state index in [4.69, 9.17) is 0 Å². The minimum Gasteiger partial charge on any atom is -0.151 e. The van der Waals surface area contributed by atoms with Gasteiger partial charge in [0.05, 0.1) is 11.4 Å². The number of nitrogens with zero attached hydrogens (tertiary/aromatic N) is 2. The lowest BCUT2D eigenvalue weighted by Crippen LogP contribution is -1.94. The molecule has 0 unspecified atom stereocenters. The zero-order valence-electron chi connectivity index (χ0n) is 11.9. The third-order valence-electron chi connectivity index (χ3n) is 3.29. The van der Waals surface area contributed by atoms with Gasteiger partial charge in [0.2, 0.25) is 0 Å². The Bertz CT molecular complexity index is 440. The third-order valence-corrected chi connectivity index (χ3v) is 5.29. The van der Waals surface area contributed by atoms with Crippen molar-refractivity contribution < 1.29 is 0 Å². The van der Waals surface area contributed by atoms with Gasteiger partial charge >= 0.3 is 0 Å². The van der Waals surface area contributed by atoms with Crippen molar-refractivity contribution in [3.8, 4) is 0 Å². The lowest BCUT2D eigenvalue weighted by molar-refractivity contribution is 0.734. The van der Waals surface area contributed by atoms with Crippen molar-refractivity contribution in [3.63, 3.8) is 0 Å². The van der Waals surface area contributed by atoms with Crippen LogP contribution in [0.4, 0.5) is 11.4 Å². The minimum atomic E-state index is 0.508. The summed E-state index contributed by atoms with van der Waals surface area (Å²) in [6.07, 6.45) is 4.66. The van der Waals surface area contributed by atoms with Crippen molar-refractivity contribution in [2.24, 2.45) is 10.2 Å². The van der Waals surface area contributed by atoms with Gasteiger partial charge in [-0.1, -0.05) is 67.7 Å². The molecule has 2 nitrogen and oxygen atoms in total. The molecule has 0 spiro atoms. The molecule has 0 N–H and O–H groups in total. The van der Waals surface area contributed by atoms with Crippen molar-refractivity contribution >= 4 is 20.9 Å². The summed E-state index contributed by atoms with van der Waals surface area (Å²) in [6, 6.07) is 22.7. The first kappa shape index (κ1) is 14.7. The van der Waals surface area contributed by atoms with E-state index in [2.05, 4.69) is 10.2 Å². The Morgan fingerprint density at radius 2 is 1.05 bits per heavy atom. The Morgan fingerprint density at radius 1 is 0.600 bits per heavy atom. The molecule has 0 saturated carbocycles. The summed E-state index contributed by atoms with van der Waals surface area (Å²) >= 11 is 0. The van der Waals surface area contributed by atoms with Gasteiger partial charge in [0.15, 0.2) is 0 Å². The van der Waals surface area contributed by atoms with Gasteiger partial charge in [0.25, 0.3) is 0 Å². The van der Waals surface area contributed by atoms with E-state index < -0.39 is 0 Å². The van der Waals surface area contributed by atoms with E-state index in [1.54, 1.807) is 24.9 Å². The normalized spacial score (nSPS) is 14.6. The average molecular weight is 282 g/mol. The second-order valence-corrected chi connectivity index (χ2v) is 7.11. The predicted molar refractivity (Wildman–Crippen MR) is 89.1 cm³/mol. The van der Waals surface area contributed by atoms with Crippen LogP contribution in [0.5, 0.6) is 0 Å². The van der Waals surface area contributed by atoms with Gasteiger partial charge in [-0.2, -0.15) is 10.2 Å². The second-order valence-electron chi connectivity index (χ2n) is 4.99. The van der Waals surface area contributed by atoms with Gasteiger partial charge < -0.3 is 0 Å². The standard InChI is InChI=1S/C12H10N2.C5H12Si/c1-3-7-11(8-4-1)13-14-12-9-5-2-6-10-12;1-2-4-6-5-3-1/h1-10H;1-6H2. The SMILES string of the molecule is C1CC[SiH2]CC1.c1ccc(N=Nc2ccccc2)cc1. The van der Waals surface area contributed by atoms with Crippen LogP contribution in [0.3, 0.4) is 0 Å². The summed E-state index contributed by atoms with van der Waals surface area (Å²) < 4.78 is 0. The van der Waals surface area contributed by atoms with Gasteiger partial charge in [-0.25, -0.2) is 0 Å². The van der Waals surface area contributed by atoms with E-state index in [0.29, 0.717) is 9.52 Å². The average Bonchev–Trinajstić information content (AvgIpc) is 2.57. The molecule has 104 valence electrons. The van der Waals surface area contributed by atoms with E-state index in [-0.39, 0.29) is 0 Å². The Morgan fingerprint density at radius 3 is 1.35 bits per heavy atom. The smallest absolute Gasteiger partial charge is 0.0857 e. The Labute approximate surface area is 123 Å². The van der Waals surface area contributed by atoms with Crippen molar-refractivity contribution in [2.75, 3.05) is 0 Å². The molecule has 1 fully saturated rings. The van der Waals surface area contributed by atoms with Crippen LogP contribution in [0, 0.1) is 0 Å². The highest BCUT2D eigenvalue weighted by atomic mass is 28.2. The van der Waals surface area contributed by atoms with Crippen molar-refractivity contribution in [2.45, 2.75) is 31.4 Å². The fourth-order valence-electron chi connectivity index (χ4n) is 2.17. The van der Waals surface area contributed by atoms with Gasteiger partial charge in [-0.3, -0.25) is 0 Å². The highest BCUT2D eigenvalue weighted by molar-refractivity contribution is 6.35. The Kier molecular flexibility index (Phi) is 6.75. The largest absolute Gasteiger partial charge is 0.151 e. The molecule has 0 aliphatic carbocycles. The first-order valence-electron chi connectivity index (χ1n) is 7.47. The number of hydrogen-bond acceptors (Lipinski definition) is 2. The highest BCUT2D eigenvalue weighted by Crippen LogP contribution is 2.16. The maximum absolute atomic E-state index is 4.10. The quantitative estimate of drug-likeness (QED) is 0.529. The lowest BCUT2D eigenvalue weighted by Gasteiger charge is -2.04. The van der Waals surface area contributed by atoms with E-state index in [1.807, 2.05) is 60.7 Å². The maximum atomic E-state index is 4.10. The number of azo groups is 1. The Hall–Kier alpha value is -1.74. The summed E-state index contributed by atoms with van der Waals surface area (Å²) in [6.45, 7) is 0. The van der Waals surface area contributed by atoms with E-state index in [1.165, 1.54) is 6.42 Å². The van der Waals surface area contributed by atoms with E-state index in [9.17, 15) is 0 Å². The zero-order chi connectivity index (χ0) is 13.9. The topological polar surface area (TPSA) is 24.7 Å². The van der Waals surface area contributed by atoms with Gasteiger partial charge in [0.1, 0.15) is 0 Å². The van der Waals surface area contributed by atoms with Crippen LogP contribution in [-0.2, 0) is 0 Å². The molecule has 3 heteroatoms. The van der Waals surface area contributed by atoms with Gasteiger partial charge in [-0.15, -0.1) is 0 Å². The van der Waals surface area contributed by atoms with Crippen molar-refractivity contribution in [3.05, 3.63) is 60.7 Å². The molecule has 0 amide bonds. The van der Waals surface area contributed by atoms with Crippen molar-refractivity contribution in [1.82, 2.24) is 0 Å². The molecular formula is C17H22N2Si. The monoisotopic (exact) mass is 282 g/mol. The molecule has 0 aromatic heterocycles. The lowest BCUT2D eigenvalue weighted by atomic mass is 10.3. The molecule has 1 heterocycles. The number of benzene rings is 2. The number of hydrogen-bond donors (Lipinski definition) is 0.